The van der Waals surface area contributed by atoms with Gasteiger partial charge >= 0.3 is 0 Å². The molecule has 2 aromatic rings. The van der Waals surface area contributed by atoms with Crippen molar-refractivity contribution in [3.8, 4) is 5.75 Å². The van der Waals surface area contributed by atoms with E-state index in [1.807, 2.05) is 0 Å². The number of nitrogens with two attached hydrogens (primary N) is 1. The van der Waals surface area contributed by atoms with Gasteiger partial charge in [0.05, 0.1) is 18.0 Å². The number of benzene rings is 2. The molecule has 0 heterocycles. The van der Waals surface area contributed by atoms with Crippen LogP contribution < -0.4 is 10.5 Å². The summed E-state index contributed by atoms with van der Waals surface area (Å²) in [5, 5.41) is 0.542. The molecular weight excluding hydrogens is 310 g/mol. The monoisotopic (exact) mass is 325 g/mol. The minimum Gasteiger partial charge on any atom is -0.496 e. The third-order valence-electron chi connectivity index (χ3n) is 3.17. The quantitative estimate of drug-likeness (QED) is 0.938. The van der Waals surface area contributed by atoms with E-state index in [9.17, 15) is 8.42 Å². The summed E-state index contributed by atoms with van der Waals surface area (Å²) in [4.78, 5) is 0.233. The summed E-state index contributed by atoms with van der Waals surface area (Å²) in [5.41, 5.74) is 7.62. The SMILES string of the molecule is COc1ccc(Cl)cc1C(N)c1cccc(S(C)(=O)=O)c1. The average Bonchev–Trinajstić information content (AvgIpc) is 2.45. The lowest BCUT2D eigenvalue weighted by atomic mass is 9.99. The van der Waals surface area contributed by atoms with Gasteiger partial charge in [0, 0.05) is 16.8 Å². The van der Waals surface area contributed by atoms with Gasteiger partial charge in [0.1, 0.15) is 5.75 Å². The Morgan fingerprint density at radius 3 is 2.52 bits per heavy atom. The molecule has 1 unspecified atom stereocenters. The summed E-state index contributed by atoms with van der Waals surface area (Å²) in [7, 11) is -1.73. The minimum absolute atomic E-state index is 0.233. The molecule has 0 aliphatic rings. The fourth-order valence-corrected chi connectivity index (χ4v) is 2.92. The zero-order valence-corrected chi connectivity index (χ0v) is 13.3. The van der Waals surface area contributed by atoms with Gasteiger partial charge in [-0.1, -0.05) is 23.7 Å². The average molecular weight is 326 g/mol. The van der Waals surface area contributed by atoms with Crippen LogP contribution in [0.2, 0.25) is 5.02 Å². The highest BCUT2D eigenvalue weighted by atomic mass is 35.5. The van der Waals surface area contributed by atoms with E-state index in [-0.39, 0.29) is 4.90 Å². The van der Waals surface area contributed by atoms with Crippen molar-refractivity contribution in [1.29, 1.82) is 0 Å². The summed E-state index contributed by atoms with van der Waals surface area (Å²) in [5.74, 6) is 0.608. The molecular formula is C15H16ClNO3S. The van der Waals surface area contributed by atoms with Crippen molar-refractivity contribution >= 4 is 21.4 Å². The van der Waals surface area contributed by atoms with E-state index < -0.39 is 15.9 Å². The van der Waals surface area contributed by atoms with Gasteiger partial charge < -0.3 is 10.5 Å². The second-order valence-electron chi connectivity index (χ2n) is 4.71. The zero-order chi connectivity index (χ0) is 15.6. The number of rotatable bonds is 4. The van der Waals surface area contributed by atoms with Crippen LogP contribution >= 0.6 is 11.6 Å². The van der Waals surface area contributed by atoms with E-state index in [4.69, 9.17) is 22.1 Å². The first-order valence-corrected chi connectivity index (χ1v) is 8.49. The number of hydrogen-bond acceptors (Lipinski definition) is 4. The van der Waals surface area contributed by atoms with Crippen molar-refractivity contribution in [2.45, 2.75) is 10.9 Å². The van der Waals surface area contributed by atoms with Crippen molar-refractivity contribution in [3.63, 3.8) is 0 Å². The van der Waals surface area contributed by atoms with Crippen LogP contribution in [0.1, 0.15) is 17.2 Å². The maximum absolute atomic E-state index is 11.6. The van der Waals surface area contributed by atoms with Crippen LogP contribution in [0.3, 0.4) is 0 Å². The highest BCUT2D eigenvalue weighted by Crippen LogP contribution is 2.31. The molecule has 0 radical (unpaired) electrons. The Bertz CT molecular complexity index is 759. The largest absolute Gasteiger partial charge is 0.496 e. The lowest BCUT2D eigenvalue weighted by molar-refractivity contribution is 0.408. The lowest BCUT2D eigenvalue weighted by Gasteiger charge is -2.17. The Morgan fingerprint density at radius 1 is 1.19 bits per heavy atom. The molecule has 0 bridgehead atoms. The van der Waals surface area contributed by atoms with Crippen molar-refractivity contribution in [2.75, 3.05) is 13.4 Å². The fraction of sp³-hybridized carbons (Fsp3) is 0.200. The summed E-state index contributed by atoms with van der Waals surface area (Å²) >= 11 is 6.00. The molecule has 4 nitrogen and oxygen atoms in total. The summed E-state index contributed by atoms with van der Waals surface area (Å²) in [6.45, 7) is 0. The zero-order valence-electron chi connectivity index (χ0n) is 11.7. The molecule has 2 rings (SSSR count). The molecule has 1 atom stereocenters. The van der Waals surface area contributed by atoms with E-state index in [2.05, 4.69) is 0 Å². The van der Waals surface area contributed by atoms with Crippen LogP contribution in [0.15, 0.2) is 47.4 Å². The van der Waals surface area contributed by atoms with Gasteiger partial charge in [-0.15, -0.1) is 0 Å². The van der Waals surface area contributed by atoms with E-state index >= 15 is 0 Å². The molecule has 0 aromatic heterocycles. The normalized spacial score (nSPS) is 13.0. The molecule has 0 aliphatic heterocycles. The molecule has 0 aliphatic carbocycles. The van der Waals surface area contributed by atoms with Gasteiger partial charge in [-0.2, -0.15) is 0 Å². The maximum atomic E-state index is 11.6. The van der Waals surface area contributed by atoms with Crippen LogP contribution in [-0.4, -0.2) is 21.8 Å². The number of hydrogen-bond donors (Lipinski definition) is 1. The first-order valence-electron chi connectivity index (χ1n) is 6.22. The molecule has 21 heavy (non-hydrogen) atoms. The van der Waals surface area contributed by atoms with E-state index in [0.717, 1.165) is 6.26 Å². The van der Waals surface area contributed by atoms with E-state index in [1.165, 1.54) is 0 Å². The number of methoxy groups -OCH3 is 1. The Kier molecular flexibility index (Phi) is 4.56. The van der Waals surface area contributed by atoms with Gasteiger partial charge in [0.25, 0.3) is 0 Å². The third-order valence-corrected chi connectivity index (χ3v) is 4.52. The second-order valence-corrected chi connectivity index (χ2v) is 7.16. The predicted molar refractivity (Wildman–Crippen MR) is 83.6 cm³/mol. The smallest absolute Gasteiger partial charge is 0.175 e. The predicted octanol–water partition coefficient (Wildman–Crippen LogP) is 2.80. The van der Waals surface area contributed by atoms with Crippen molar-refractivity contribution in [1.82, 2.24) is 0 Å². The standard InChI is InChI=1S/C15H16ClNO3S/c1-20-14-7-6-11(16)9-13(14)15(17)10-4-3-5-12(8-10)21(2,18)19/h3-9,15H,17H2,1-2H3. The first-order chi connectivity index (χ1) is 9.82. The van der Waals surface area contributed by atoms with E-state index in [1.54, 1.807) is 49.6 Å². The third kappa shape index (κ3) is 3.56. The molecule has 0 saturated carbocycles. The molecule has 6 heteroatoms. The Labute approximate surface area is 129 Å². The van der Waals surface area contributed by atoms with E-state index in [0.29, 0.717) is 21.9 Å². The van der Waals surface area contributed by atoms with Gasteiger partial charge in [-0.05, 0) is 35.9 Å². The molecule has 0 amide bonds. The molecule has 0 spiro atoms. The number of ether oxygens (including phenoxy) is 1. The highest BCUT2D eigenvalue weighted by molar-refractivity contribution is 7.90. The summed E-state index contributed by atoms with van der Waals surface area (Å²) < 4.78 is 28.6. The summed E-state index contributed by atoms with van der Waals surface area (Å²) in [6, 6.07) is 11.2. The van der Waals surface area contributed by atoms with Gasteiger partial charge in [0.2, 0.25) is 0 Å². The minimum atomic E-state index is -3.28. The fourth-order valence-electron chi connectivity index (χ4n) is 2.07. The van der Waals surface area contributed by atoms with Crippen LogP contribution in [0, 0.1) is 0 Å². The van der Waals surface area contributed by atoms with Gasteiger partial charge in [-0.3, -0.25) is 0 Å². The molecule has 2 aromatic carbocycles. The van der Waals surface area contributed by atoms with Gasteiger partial charge in [0.15, 0.2) is 9.84 Å². The topological polar surface area (TPSA) is 69.4 Å². The van der Waals surface area contributed by atoms with Crippen LogP contribution in [-0.2, 0) is 9.84 Å². The Morgan fingerprint density at radius 2 is 1.90 bits per heavy atom. The van der Waals surface area contributed by atoms with Crippen LogP contribution in [0.25, 0.3) is 0 Å². The molecule has 2 N–H and O–H groups in total. The number of halogens is 1. The molecule has 0 fully saturated rings. The summed E-state index contributed by atoms with van der Waals surface area (Å²) in [6.07, 6.45) is 1.16. The molecule has 112 valence electrons. The maximum Gasteiger partial charge on any atom is 0.175 e. The molecule has 0 saturated heterocycles. The van der Waals surface area contributed by atoms with Crippen molar-refractivity contribution in [3.05, 3.63) is 58.6 Å². The first kappa shape index (κ1) is 15.8. The Balaban J connectivity index is 2.50. The van der Waals surface area contributed by atoms with Crippen molar-refractivity contribution < 1.29 is 13.2 Å². The van der Waals surface area contributed by atoms with Gasteiger partial charge in [-0.25, -0.2) is 8.42 Å². The highest BCUT2D eigenvalue weighted by Gasteiger charge is 2.17. The Hall–Kier alpha value is -1.56. The lowest BCUT2D eigenvalue weighted by Crippen LogP contribution is -2.14. The second kappa shape index (κ2) is 6.05. The van der Waals surface area contributed by atoms with Crippen molar-refractivity contribution in [2.24, 2.45) is 5.73 Å². The van der Waals surface area contributed by atoms with Crippen LogP contribution in [0.4, 0.5) is 0 Å². The number of sulfone groups is 1. The van der Waals surface area contributed by atoms with Crippen LogP contribution in [0.5, 0.6) is 5.75 Å².